The number of carbonyl (C=O) groups excluding carboxylic acids is 2. The molecule has 0 bridgehead atoms. The molecule has 0 aliphatic carbocycles. The molecule has 4 rings (SSSR count). The lowest BCUT2D eigenvalue weighted by Gasteiger charge is -2.04. The van der Waals surface area contributed by atoms with Crippen molar-refractivity contribution in [1.82, 2.24) is 30.3 Å². The van der Waals surface area contributed by atoms with Crippen molar-refractivity contribution < 1.29 is 14.0 Å². The van der Waals surface area contributed by atoms with Crippen LogP contribution in [0.3, 0.4) is 0 Å². The summed E-state index contributed by atoms with van der Waals surface area (Å²) in [7, 11) is 0. The highest BCUT2D eigenvalue weighted by Gasteiger charge is 2.18. The predicted molar refractivity (Wildman–Crippen MR) is 102 cm³/mol. The molecular formula is C19H17N7O3. The van der Waals surface area contributed by atoms with Gasteiger partial charge in [-0.15, -0.1) is 0 Å². The molecule has 10 nitrogen and oxygen atoms in total. The van der Waals surface area contributed by atoms with Crippen LogP contribution in [0.2, 0.25) is 0 Å². The molecule has 29 heavy (non-hydrogen) atoms. The maximum atomic E-state index is 12.4. The largest absolute Gasteiger partial charge is 0.461 e. The first-order chi connectivity index (χ1) is 14.1. The fraction of sp³-hybridized carbons (Fsp3) is 0.105. The molecule has 4 N–H and O–H groups in total. The van der Waals surface area contributed by atoms with E-state index in [-0.39, 0.29) is 11.4 Å². The van der Waals surface area contributed by atoms with Gasteiger partial charge in [0.25, 0.3) is 11.8 Å². The third-order valence-electron chi connectivity index (χ3n) is 4.12. The van der Waals surface area contributed by atoms with E-state index in [0.717, 1.165) is 0 Å². The Hall–Kier alpha value is -4.21. The van der Waals surface area contributed by atoms with E-state index in [1.165, 1.54) is 10.7 Å². The maximum absolute atomic E-state index is 12.4. The van der Waals surface area contributed by atoms with E-state index in [1.807, 2.05) is 6.07 Å². The first kappa shape index (κ1) is 18.2. The van der Waals surface area contributed by atoms with Crippen LogP contribution in [0.15, 0.2) is 59.2 Å². The summed E-state index contributed by atoms with van der Waals surface area (Å²) in [5.74, 6) is 0.510. The number of nitrogens with zero attached hydrogens (tertiary/aromatic N) is 4. The molecule has 0 spiro atoms. The molecule has 0 saturated carbocycles. The second kappa shape index (κ2) is 7.80. The smallest absolute Gasteiger partial charge is 0.271 e. The fourth-order valence-corrected chi connectivity index (χ4v) is 2.74. The van der Waals surface area contributed by atoms with Crippen molar-refractivity contribution >= 4 is 11.8 Å². The van der Waals surface area contributed by atoms with Gasteiger partial charge in [0.15, 0.2) is 11.5 Å². The molecule has 0 unspecified atom stereocenters. The molecular weight excluding hydrogens is 374 g/mol. The van der Waals surface area contributed by atoms with Crippen LogP contribution in [-0.2, 0) is 6.42 Å². The van der Waals surface area contributed by atoms with E-state index in [0.29, 0.717) is 36.1 Å². The zero-order valence-electron chi connectivity index (χ0n) is 15.2. The van der Waals surface area contributed by atoms with Gasteiger partial charge in [-0.3, -0.25) is 14.7 Å². The molecule has 0 aliphatic rings. The minimum Gasteiger partial charge on any atom is -0.461 e. The Morgan fingerprint density at radius 3 is 2.72 bits per heavy atom. The van der Waals surface area contributed by atoms with E-state index >= 15 is 0 Å². The van der Waals surface area contributed by atoms with E-state index in [1.54, 1.807) is 42.7 Å². The molecule has 10 heteroatoms. The number of benzene rings is 1. The molecule has 146 valence electrons. The van der Waals surface area contributed by atoms with Gasteiger partial charge in [0.1, 0.15) is 11.5 Å². The number of aromatic amines is 1. The molecule has 0 radical (unpaired) electrons. The van der Waals surface area contributed by atoms with Crippen molar-refractivity contribution in [3.05, 3.63) is 72.0 Å². The summed E-state index contributed by atoms with van der Waals surface area (Å²) < 4.78 is 6.59. The lowest BCUT2D eigenvalue weighted by Crippen LogP contribution is -2.26. The Morgan fingerprint density at radius 2 is 2.00 bits per heavy atom. The van der Waals surface area contributed by atoms with Gasteiger partial charge in [-0.1, -0.05) is 18.2 Å². The molecule has 0 saturated heterocycles. The monoisotopic (exact) mass is 391 g/mol. The number of aromatic nitrogens is 5. The SMILES string of the molecule is NC(=O)c1cc(C(=O)NCCc2nc(-c3ccco3)n[nH]2)nn1-c1ccccc1. The van der Waals surface area contributed by atoms with Crippen molar-refractivity contribution in [3.63, 3.8) is 0 Å². The number of hydrogen-bond acceptors (Lipinski definition) is 6. The van der Waals surface area contributed by atoms with Crippen LogP contribution >= 0.6 is 0 Å². The van der Waals surface area contributed by atoms with Gasteiger partial charge >= 0.3 is 0 Å². The number of furan rings is 1. The van der Waals surface area contributed by atoms with Crippen molar-refractivity contribution in [3.8, 4) is 17.3 Å². The molecule has 4 aromatic rings. The van der Waals surface area contributed by atoms with E-state index in [9.17, 15) is 9.59 Å². The zero-order chi connectivity index (χ0) is 20.2. The lowest BCUT2D eigenvalue weighted by molar-refractivity contribution is 0.0947. The highest BCUT2D eigenvalue weighted by atomic mass is 16.3. The van der Waals surface area contributed by atoms with Crippen molar-refractivity contribution in [2.75, 3.05) is 6.54 Å². The zero-order valence-corrected chi connectivity index (χ0v) is 15.2. The number of carbonyl (C=O) groups is 2. The number of H-pyrrole nitrogens is 1. The average Bonchev–Trinajstić information content (AvgIpc) is 3.48. The van der Waals surface area contributed by atoms with Crippen LogP contribution in [0.1, 0.15) is 26.8 Å². The van der Waals surface area contributed by atoms with E-state index < -0.39 is 11.8 Å². The molecule has 0 atom stereocenters. The number of nitrogens with one attached hydrogen (secondary N) is 2. The standard InChI is InChI=1S/C19H17N7O3/c20-17(27)14-11-13(25-26(14)12-5-2-1-3-6-12)19(28)21-9-8-16-22-18(24-23-16)15-7-4-10-29-15/h1-7,10-11H,8-9H2,(H2,20,27)(H,21,28)(H,22,23,24). The number of rotatable bonds is 7. The Balaban J connectivity index is 1.42. The summed E-state index contributed by atoms with van der Waals surface area (Å²) in [4.78, 5) is 28.5. The Morgan fingerprint density at radius 1 is 1.17 bits per heavy atom. The van der Waals surface area contributed by atoms with Gasteiger partial charge in [0.05, 0.1) is 12.0 Å². The van der Waals surface area contributed by atoms with Crippen molar-refractivity contribution in [2.24, 2.45) is 5.73 Å². The number of amides is 2. The van der Waals surface area contributed by atoms with Crippen LogP contribution < -0.4 is 11.1 Å². The number of para-hydroxylation sites is 1. The van der Waals surface area contributed by atoms with Crippen molar-refractivity contribution in [1.29, 1.82) is 0 Å². The third-order valence-corrected chi connectivity index (χ3v) is 4.12. The van der Waals surface area contributed by atoms with Gasteiger partial charge in [0.2, 0.25) is 5.82 Å². The van der Waals surface area contributed by atoms with E-state index in [2.05, 4.69) is 25.6 Å². The third kappa shape index (κ3) is 3.90. The van der Waals surface area contributed by atoms with Crippen LogP contribution in [0.25, 0.3) is 17.3 Å². The van der Waals surface area contributed by atoms with Crippen LogP contribution in [0, 0.1) is 0 Å². The topological polar surface area (TPSA) is 145 Å². The minimum atomic E-state index is -0.674. The van der Waals surface area contributed by atoms with Gasteiger partial charge < -0.3 is 15.5 Å². The minimum absolute atomic E-state index is 0.0940. The summed E-state index contributed by atoms with van der Waals surface area (Å²) >= 11 is 0. The average molecular weight is 391 g/mol. The number of nitrogens with two attached hydrogens (primary N) is 1. The predicted octanol–water partition coefficient (Wildman–Crippen LogP) is 1.32. The molecule has 0 fully saturated rings. The first-order valence-electron chi connectivity index (χ1n) is 8.80. The number of primary amides is 1. The van der Waals surface area contributed by atoms with Gasteiger partial charge in [-0.05, 0) is 24.3 Å². The lowest BCUT2D eigenvalue weighted by atomic mass is 10.3. The normalized spacial score (nSPS) is 10.8. The molecule has 3 aromatic heterocycles. The van der Waals surface area contributed by atoms with Crippen molar-refractivity contribution in [2.45, 2.75) is 6.42 Å². The molecule has 3 heterocycles. The molecule has 1 aromatic carbocycles. The summed E-state index contributed by atoms with van der Waals surface area (Å²) in [6, 6.07) is 13.9. The van der Waals surface area contributed by atoms with Gasteiger partial charge in [0, 0.05) is 19.0 Å². The summed E-state index contributed by atoms with van der Waals surface area (Å²) in [6.07, 6.45) is 1.97. The quantitative estimate of drug-likeness (QED) is 0.433. The van der Waals surface area contributed by atoms with Crippen LogP contribution in [0.5, 0.6) is 0 Å². The Kier molecular flexibility index (Phi) is 4.89. The van der Waals surface area contributed by atoms with Gasteiger partial charge in [-0.25, -0.2) is 9.67 Å². The Labute approximate surface area is 164 Å². The fourth-order valence-electron chi connectivity index (χ4n) is 2.74. The summed E-state index contributed by atoms with van der Waals surface area (Å²) in [5, 5.41) is 13.8. The van der Waals surface area contributed by atoms with Crippen LogP contribution in [-0.4, -0.2) is 43.3 Å². The Bertz CT molecular complexity index is 1130. The summed E-state index contributed by atoms with van der Waals surface area (Å²) in [6.45, 7) is 0.301. The molecule has 2 amide bonds. The second-order valence-electron chi connectivity index (χ2n) is 6.12. The highest BCUT2D eigenvalue weighted by Crippen LogP contribution is 2.15. The van der Waals surface area contributed by atoms with Gasteiger partial charge in [-0.2, -0.15) is 10.2 Å². The number of hydrogen-bond donors (Lipinski definition) is 3. The second-order valence-corrected chi connectivity index (χ2v) is 6.12. The van der Waals surface area contributed by atoms with E-state index in [4.69, 9.17) is 10.2 Å². The maximum Gasteiger partial charge on any atom is 0.271 e. The molecule has 0 aliphatic heterocycles. The highest BCUT2D eigenvalue weighted by molar-refractivity contribution is 5.97. The first-order valence-corrected chi connectivity index (χ1v) is 8.80. The van der Waals surface area contributed by atoms with Crippen LogP contribution in [0.4, 0.5) is 0 Å². The summed E-state index contributed by atoms with van der Waals surface area (Å²) in [5.41, 5.74) is 6.28.